The Labute approximate surface area is 142 Å². The molecular weight excluding hydrogens is 298 g/mol. The smallest absolute Gasteiger partial charge is 0.197 e. The average molecular weight is 319 g/mol. The van der Waals surface area contributed by atoms with Gasteiger partial charge in [-0.25, -0.2) is 4.99 Å². The van der Waals surface area contributed by atoms with Crippen molar-refractivity contribution in [3.05, 3.63) is 65.7 Å². The van der Waals surface area contributed by atoms with E-state index >= 15 is 0 Å². The Morgan fingerprint density at radius 3 is 2.62 bits per heavy atom. The predicted molar refractivity (Wildman–Crippen MR) is 95.8 cm³/mol. The molecule has 24 heavy (non-hydrogen) atoms. The second kappa shape index (κ2) is 7.16. The van der Waals surface area contributed by atoms with E-state index in [4.69, 9.17) is 5.73 Å². The van der Waals surface area contributed by atoms with Gasteiger partial charge in [0.1, 0.15) is 6.04 Å². The fourth-order valence-corrected chi connectivity index (χ4v) is 3.01. The molecule has 3 N–H and O–H groups in total. The predicted octanol–water partition coefficient (Wildman–Crippen LogP) is 2.48. The van der Waals surface area contributed by atoms with Gasteiger partial charge in [-0.2, -0.15) is 5.26 Å². The van der Waals surface area contributed by atoms with E-state index in [1.54, 1.807) is 0 Å². The van der Waals surface area contributed by atoms with Crippen molar-refractivity contribution >= 4 is 11.6 Å². The van der Waals surface area contributed by atoms with Crippen LogP contribution in [0, 0.1) is 18.3 Å². The lowest BCUT2D eigenvalue weighted by atomic mass is 9.97. The molecule has 1 saturated heterocycles. The zero-order valence-corrected chi connectivity index (χ0v) is 13.7. The molecule has 0 aromatic heterocycles. The highest BCUT2D eigenvalue weighted by Gasteiger charge is 2.33. The number of hydrogen-bond acceptors (Lipinski definition) is 3. The van der Waals surface area contributed by atoms with Crippen LogP contribution in [0.15, 0.2) is 59.6 Å². The van der Waals surface area contributed by atoms with Crippen molar-refractivity contribution in [3.8, 4) is 6.07 Å². The van der Waals surface area contributed by atoms with Crippen LogP contribution in [-0.2, 0) is 0 Å². The highest BCUT2D eigenvalue weighted by atomic mass is 15.3. The van der Waals surface area contributed by atoms with Gasteiger partial charge in [0.25, 0.3) is 0 Å². The van der Waals surface area contributed by atoms with E-state index in [0.29, 0.717) is 12.5 Å². The number of guanidine groups is 1. The highest BCUT2D eigenvalue weighted by molar-refractivity contribution is 5.82. The SMILES string of the molecule is Cc1ccccc1N=C(N)N1CCNC(c2ccccc2)[C@@H]1C#N. The van der Waals surface area contributed by atoms with Crippen molar-refractivity contribution in [2.45, 2.75) is 19.0 Å². The lowest BCUT2D eigenvalue weighted by molar-refractivity contribution is 0.240. The van der Waals surface area contributed by atoms with Crippen LogP contribution in [0.4, 0.5) is 5.69 Å². The summed E-state index contributed by atoms with van der Waals surface area (Å²) >= 11 is 0. The van der Waals surface area contributed by atoms with Crippen LogP contribution in [-0.4, -0.2) is 30.0 Å². The number of nitrogens with zero attached hydrogens (tertiary/aromatic N) is 3. The standard InChI is InChI=1S/C19H21N5/c1-14-7-5-6-10-16(14)23-19(21)24-12-11-22-18(17(24)13-20)15-8-3-2-4-9-15/h2-10,17-18,22H,11-12H2,1H3,(H2,21,23)/t17-,18?/m0/s1. The molecule has 2 aromatic carbocycles. The third kappa shape index (κ3) is 3.24. The Bertz CT molecular complexity index is 763. The molecule has 0 aliphatic carbocycles. The Balaban J connectivity index is 1.89. The van der Waals surface area contributed by atoms with E-state index in [1.807, 2.05) is 66.4 Å². The van der Waals surface area contributed by atoms with Crippen molar-refractivity contribution < 1.29 is 0 Å². The number of benzene rings is 2. The maximum atomic E-state index is 9.72. The van der Waals surface area contributed by atoms with E-state index in [1.165, 1.54) is 0 Å². The van der Waals surface area contributed by atoms with Gasteiger partial charge in [0.2, 0.25) is 0 Å². The summed E-state index contributed by atoms with van der Waals surface area (Å²) in [6.45, 7) is 3.41. The maximum absolute atomic E-state index is 9.72. The molecule has 1 aliphatic rings. The number of aliphatic imine (C=N–C) groups is 1. The third-order valence-electron chi connectivity index (χ3n) is 4.30. The topological polar surface area (TPSA) is 77.4 Å². The second-order valence-corrected chi connectivity index (χ2v) is 5.87. The molecule has 5 nitrogen and oxygen atoms in total. The molecule has 0 radical (unpaired) electrons. The van der Waals surface area contributed by atoms with Crippen molar-refractivity contribution in [2.24, 2.45) is 10.7 Å². The molecule has 5 heteroatoms. The summed E-state index contributed by atoms with van der Waals surface area (Å²) in [5, 5.41) is 13.1. The molecule has 122 valence electrons. The van der Waals surface area contributed by atoms with Crippen molar-refractivity contribution in [3.63, 3.8) is 0 Å². The number of nitrogens with one attached hydrogen (secondary N) is 1. The van der Waals surface area contributed by atoms with Gasteiger partial charge in [0.05, 0.1) is 17.8 Å². The van der Waals surface area contributed by atoms with Crippen LogP contribution in [0.5, 0.6) is 0 Å². The van der Waals surface area contributed by atoms with Gasteiger partial charge in [-0.15, -0.1) is 0 Å². The molecule has 2 atom stereocenters. The molecule has 3 rings (SSSR count). The largest absolute Gasteiger partial charge is 0.369 e. The van der Waals surface area contributed by atoms with Gasteiger partial charge < -0.3 is 16.0 Å². The number of aryl methyl sites for hydroxylation is 1. The molecule has 2 aromatic rings. The fraction of sp³-hybridized carbons (Fsp3) is 0.263. The first-order chi connectivity index (χ1) is 11.7. The summed E-state index contributed by atoms with van der Waals surface area (Å²) in [4.78, 5) is 6.44. The zero-order chi connectivity index (χ0) is 16.9. The molecule has 1 fully saturated rings. The summed E-state index contributed by atoms with van der Waals surface area (Å²) in [6.07, 6.45) is 0. The monoisotopic (exact) mass is 319 g/mol. The number of para-hydroxylation sites is 1. The van der Waals surface area contributed by atoms with Crippen LogP contribution in [0.3, 0.4) is 0 Å². The van der Waals surface area contributed by atoms with Crippen molar-refractivity contribution in [1.82, 2.24) is 10.2 Å². The first-order valence-electron chi connectivity index (χ1n) is 8.05. The van der Waals surface area contributed by atoms with Crippen molar-refractivity contribution in [2.75, 3.05) is 13.1 Å². The van der Waals surface area contributed by atoms with Crippen LogP contribution in [0.25, 0.3) is 0 Å². The van der Waals surface area contributed by atoms with E-state index in [0.717, 1.165) is 23.4 Å². The third-order valence-corrected chi connectivity index (χ3v) is 4.30. The first kappa shape index (κ1) is 16.0. The number of hydrogen-bond donors (Lipinski definition) is 2. The van der Waals surface area contributed by atoms with E-state index in [9.17, 15) is 5.26 Å². The molecule has 0 amide bonds. The van der Waals surface area contributed by atoms with Gasteiger partial charge >= 0.3 is 0 Å². The Hall–Kier alpha value is -2.84. The number of nitrogens with two attached hydrogens (primary N) is 1. The number of rotatable bonds is 2. The quantitative estimate of drug-likeness (QED) is 0.658. The van der Waals surface area contributed by atoms with Gasteiger partial charge in [-0.1, -0.05) is 48.5 Å². The number of piperazine rings is 1. The van der Waals surface area contributed by atoms with Gasteiger partial charge in [0, 0.05) is 13.1 Å². The summed E-state index contributed by atoms with van der Waals surface area (Å²) in [7, 11) is 0. The Morgan fingerprint density at radius 2 is 1.92 bits per heavy atom. The first-order valence-corrected chi connectivity index (χ1v) is 8.05. The van der Waals surface area contributed by atoms with Gasteiger partial charge in [-0.05, 0) is 24.1 Å². The molecule has 0 saturated carbocycles. The normalized spacial score (nSPS) is 21.3. The number of nitriles is 1. The minimum Gasteiger partial charge on any atom is -0.369 e. The molecule has 1 aliphatic heterocycles. The second-order valence-electron chi connectivity index (χ2n) is 5.87. The minimum atomic E-state index is -0.395. The molecule has 0 bridgehead atoms. The lowest BCUT2D eigenvalue weighted by Crippen LogP contribution is -2.56. The molecule has 0 spiro atoms. The van der Waals surface area contributed by atoms with Crippen molar-refractivity contribution in [1.29, 1.82) is 5.26 Å². The van der Waals surface area contributed by atoms with Crippen LogP contribution >= 0.6 is 0 Å². The summed E-state index contributed by atoms with van der Waals surface area (Å²) in [6, 6.07) is 19.7. The molecule has 1 heterocycles. The average Bonchev–Trinajstić information content (AvgIpc) is 2.63. The van der Waals surface area contributed by atoms with Crippen LogP contribution < -0.4 is 11.1 Å². The Morgan fingerprint density at radius 1 is 1.21 bits per heavy atom. The van der Waals surface area contributed by atoms with Crippen LogP contribution in [0.2, 0.25) is 0 Å². The minimum absolute atomic E-state index is 0.0874. The summed E-state index contributed by atoms with van der Waals surface area (Å²) < 4.78 is 0. The van der Waals surface area contributed by atoms with Gasteiger partial charge in [0.15, 0.2) is 5.96 Å². The Kier molecular flexibility index (Phi) is 4.78. The van der Waals surface area contributed by atoms with E-state index < -0.39 is 6.04 Å². The molecule has 1 unspecified atom stereocenters. The van der Waals surface area contributed by atoms with Gasteiger partial charge in [-0.3, -0.25) is 0 Å². The maximum Gasteiger partial charge on any atom is 0.197 e. The van der Waals surface area contributed by atoms with E-state index in [2.05, 4.69) is 16.4 Å². The molecular formula is C19H21N5. The van der Waals surface area contributed by atoms with E-state index in [-0.39, 0.29) is 6.04 Å². The summed E-state index contributed by atoms with van der Waals surface area (Å²) in [5.41, 5.74) is 9.23. The lowest BCUT2D eigenvalue weighted by Gasteiger charge is -2.39. The zero-order valence-electron chi connectivity index (χ0n) is 13.7. The highest BCUT2D eigenvalue weighted by Crippen LogP contribution is 2.25. The fourth-order valence-electron chi connectivity index (χ4n) is 3.01. The van der Waals surface area contributed by atoms with Crippen LogP contribution in [0.1, 0.15) is 17.2 Å². The summed E-state index contributed by atoms with van der Waals surface area (Å²) in [5.74, 6) is 0.387.